The fraction of sp³-hybridized carbons (Fsp3) is 0.462. The Labute approximate surface area is 127 Å². The van der Waals surface area contributed by atoms with Gasteiger partial charge in [-0.25, -0.2) is 4.79 Å². The van der Waals surface area contributed by atoms with Crippen LogP contribution >= 0.6 is 23.2 Å². The van der Waals surface area contributed by atoms with Gasteiger partial charge in [0.05, 0.1) is 23.3 Å². The molecular weight excluding hydrogens is 303 g/mol. The van der Waals surface area contributed by atoms with Crippen molar-refractivity contribution in [3.63, 3.8) is 0 Å². The van der Waals surface area contributed by atoms with Gasteiger partial charge in [-0.15, -0.1) is 0 Å². The third-order valence-electron chi connectivity index (χ3n) is 3.14. The number of methoxy groups -OCH3 is 1. The maximum Gasteiger partial charge on any atom is 0.321 e. The van der Waals surface area contributed by atoms with Gasteiger partial charge in [-0.3, -0.25) is 0 Å². The summed E-state index contributed by atoms with van der Waals surface area (Å²) in [6, 6.07) is 2.87. The SMILES string of the molecule is COc1c(Cl)cc(NC(=O)N2CCC[C@H](O)C2)cc1Cl. The number of amides is 2. The molecule has 0 radical (unpaired) electrons. The molecule has 110 valence electrons. The lowest BCUT2D eigenvalue weighted by Gasteiger charge is -2.30. The number of likely N-dealkylation sites (tertiary alicyclic amines) is 1. The minimum absolute atomic E-state index is 0.277. The topological polar surface area (TPSA) is 61.8 Å². The summed E-state index contributed by atoms with van der Waals surface area (Å²) in [5.41, 5.74) is 0.492. The number of piperidine rings is 1. The summed E-state index contributed by atoms with van der Waals surface area (Å²) in [5.74, 6) is 0.375. The molecule has 2 rings (SSSR count). The van der Waals surface area contributed by atoms with Crippen LogP contribution in [0.4, 0.5) is 10.5 Å². The summed E-state index contributed by atoms with van der Waals surface area (Å²) < 4.78 is 5.05. The Morgan fingerprint density at radius 2 is 2.10 bits per heavy atom. The lowest BCUT2D eigenvalue weighted by atomic mass is 10.1. The van der Waals surface area contributed by atoms with E-state index in [1.807, 2.05) is 0 Å². The van der Waals surface area contributed by atoms with Crippen LogP contribution in [0.3, 0.4) is 0 Å². The van der Waals surface area contributed by atoms with Gasteiger partial charge in [0.1, 0.15) is 0 Å². The van der Waals surface area contributed by atoms with Crippen molar-refractivity contribution < 1.29 is 14.6 Å². The molecule has 5 nitrogen and oxygen atoms in total. The van der Waals surface area contributed by atoms with Gasteiger partial charge in [-0.1, -0.05) is 23.2 Å². The molecule has 0 spiro atoms. The molecule has 0 unspecified atom stereocenters. The smallest absolute Gasteiger partial charge is 0.321 e. The summed E-state index contributed by atoms with van der Waals surface area (Å²) >= 11 is 12.0. The van der Waals surface area contributed by atoms with Gasteiger partial charge in [0.2, 0.25) is 0 Å². The van der Waals surface area contributed by atoms with E-state index in [-0.39, 0.29) is 6.03 Å². The van der Waals surface area contributed by atoms with Crippen LogP contribution in [0, 0.1) is 0 Å². The largest absolute Gasteiger partial charge is 0.494 e. The van der Waals surface area contributed by atoms with E-state index in [4.69, 9.17) is 27.9 Å². The average molecular weight is 319 g/mol. The molecule has 0 saturated carbocycles. The normalized spacial score (nSPS) is 18.8. The number of rotatable bonds is 2. The maximum atomic E-state index is 12.1. The van der Waals surface area contributed by atoms with Gasteiger partial charge in [-0.2, -0.15) is 0 Å². The second kappa shape index (κ2) is 6.52. The van der Waals surface area contributed by atoms with Crippen LogP contribution in [-0.4, -0.2) is 42.3 Å². The van der Waals surface area contributed by atoms with Crippen molar-refractivity contribution in [2.24, 2.45) is 0 Å². The molecule has 1 aliphatic rings. The number of β-amino-alcohol motifs (C(OH)–C–C–N with tert-alkyl or cyclic N) is 1. The molecular formula is C13H16Cl2N2O3. The van der Waals surface area contributed by atoms with E-state index >= 15 is 0 Å². The van der Waals surface area contributed by atoms with Gasteiger partial charge in [0.15, 0.2) is 5.75 Å². The van der Waals surface area contributed by atoms with E-state index in [0.29, 0.717) is 34.6 Å². The highest BCUT2D eigenvalue weighted by molar-refractivity contribution is 6.37. The number of nitrogens with zero attached hydrogens (tertiary/aromatic N) is 1. The van der Waals surface area contributed by atoms with Crippen LogP contribution in [0.5, 0.6) is 5.75 Å². The predicted octanol–water partition coefficient (Wildman–Crippen LogP) is 2.99. The number of benzene rings is 1. The number of nitrogens with one attached hydrogen (secondary N) is 1. The van der Waals surface area contributed by atoms with Crippen LogP contribution in [0.2, 0.25) is 10.0 Å². The van der Waals surface area contributed by atoms with E-state index in [2.05, 4.69) is 5.32 Å². The first-order valence-electron chi connectivity index (χ1n) is 6.28. The van der Waals surface area contributed by atoms with Crippen molar-refractivity contribution in [3.05, 3.63) is 22.2 Å². The number of aliphatic hydroxyl groups excluding tert-OH is 1. The molecule has 1 aliphatic heterocycles. The van der Waals surface area contributed by atoms with Gasteiger partial charge >= 0.3 is 6.03 Å². The number of aliphatic hydroxyl groups is 1. The number of ether oxygens (including phenoxy) is 1. The lowest BCUT2D eigenvalue weighted by Crippen LogP contribution is -2.44. The van der Waals surface area contributed by atoms with Crippen LogP contribution in [-0.2, 0) is 0 Å². The summed E-state index contributed by atoms with van der Waals surface area (Å²) in [4.78, 5) is 13.6. The number of halogens is 2. The molecule has 2 amide bonds. The van der Waals surface area contributed by atoms with E-state index in [9.17, 15) is 9.90 Å². The zero-order chi connectivity index (χ0) is 14.7. The van der Waals surface area contributed by atoms with Crippen LogP contribution < -0.4 is 10.1 Å². The third-order valence-corrected chi connectivity index (χ3v) is 3.70. The Hall–Kier alpha value is -1.17. The molecule has 1 atom stereocenters. The number of hydrogen-bond acceptors (Lipinski definition) is 3. The van der Waals surface area contributed by atoms with Crippen molar-refractivity contribution in [2.45, 2.75) is 18.9 Å². The standard InChI is InChI=1S/C13H16Cl2N2O3/c1-20-12-10(14)5-8(6-11(12)15)16-13(19)17-4-2-3-9(18)7-17/h5-6,9,18H,2-4,7H2,1H3,(H,16,19)/t9-/m0/s1. The van der Waals surface area contributed by atoms with Crippen molar-refractivity contribution in [2.75, 3.05) is 25.5 Å². The molecule has 1 aromatic rings. The highest BCUT2D eigenvalue weighted by atomic mass is 35.5. The van der Waals surface area contributed by atoms with Crippen molar-refractivity contribution in [1.82, 2.24) is 4.90 Å². The number of anilines is 1. The number of urea groups is 1. The first kappa shape index (κ1) is 15.2. The van der Waals surface area contributed by atoms with Crippen LogP contribution in [0.15, 0.2) is 12.1 Å². The Bertz CT molecular complexity index is 487. The highest BCUT2D eigenvalue weighted by Gasteiger charge is 2.22. The first-order valence-corrected chi connectivity index (χ1v) is 7.04. The molecule has 20 heavy (non-hydrogen) atoms. The van der Waals surface area contributed by atoms with E-state index in [1.54, 1.807) is 17.0 Å². The fourth-order valence-electron chi connectivity index (χ4n) is 2.17. The molecule has 0 aromatic heterocycles. The van der Waals surface area contributed by atoms with Crippen LogP contribution in [0.25, 0.3) is 0 Å². The zero-order valence-corrected chi connectivity index (χ0v) is 12.5. The van der Waals surface area contributed by atoms with Gasteiger partial charge in [0.25, 0.3) is 0 Å². The minimum Gasteiger partial charge on any atom is -0.494 e. The molecule has 1 aromatic carbocycles. The monoisotopic (exact) mass is 318 g/mol. The second-order valence-corrected chi connectivity index (χ2v) is 5.46. The summed E-state index contributed by atoms with van der Waals surface area (Å²) in [5, 5.41) is 12.9. The zero-order valence-electron chi connectivity index (χ0n) is 11.0. The van der Waals surface area contributed by atoms with Gasteiger partial charge < -0.3 is 20.1 Å². The van der Waals surface area contributed by atoms with Crippen molar-refractivity contribution in [1.29, 1.82) is 0 Å². The van der Waals surface area contributed by atoms with Crippen molar-refractivity contribution >= 4 is 34.9 Å². The second-order valence-electron chi connectivity index (χ2n) is 4.65. The summed E-state index contributed by atoms with van der Waals surface area (Å²) in [6.07, 6.45) is 1.06. The first-order chi connectivity index (χ1) is 9.51. The molecule has 0 aliphatic carbocycles. The van der Waals surface area contributed by atoms with Gasteiger partial charge in [0, 0.05) is 18.8 Å². The van der Waals surface area contributed by atoms with Crippen LogP contribution in [0.1, 0.15) is 12.8 Å². The summed E-state index contributed by atoms with van der Waals surface area (Å²) in [6.45, 7) is 0.962. The molecule has 2 N–H and O–H groups in total. The van der Waals surface area contributed by atoms with E-state index in [0.717, 1.165) is 12.8 Å². The fourth-order valence-corrected chi connectivity index (χ4v) is 2.81. The maximum absolute atomic E-state index is 12.1. The molecule has 1 saturated heterocycles. The lowest BCUT2D eigenvalue weighted by molar-refractivity contribution is 0.0883. The van der Waals surface area contributed by atoms with Crippen molar-refractivity contribution in [3.8, 4) is 5.75 Å². The number of carbonyl (C=O) groups excluding carboxylic acids is 1. The summed E-state index contributed by atoms with van der Waals surface area (Å²) in [7, 11) is 1.47. The molecule has 1 fully saturated rings. The Morgan fingerprint density at radius 3 is 2.65 bits per heavy atom. The van der Waals surface area contributed by atoms with E-state index < -0.39 is 6.10 Å². The Kier molecular flexibility index (Phi) is 4.96. The number of carbonyl (C=O) groups is 1. The third kappa shape index (κ3) is 3.48. The Morgan fingerprint density at radius 1 is 1.45 bits per heavy atom. The van der Waals surface area contributed by atoms with E-state index in [1.165, 1.54) is 7.11 Å². The Balaban J connectivity index is 2.08. The predicted molar refractivity (Wildman–Crippen MR) is 78.8 cm³/mol. The molecule has 1 heterocycles. The van der Waals surface area contributed by atoms with Gasteiger partial charge in [-0.05, 0) is 25.0 Å². The molecule has 7 heteroatoms. The average Bonchev–Trinajstić information content (AvgIpc) is 2.38. The quantitative estimate of drug-likeness (QED) is 0.881. The highest BCUT2D eigenvalue weighted by Crippen LogP contribution is 2.35. The molecule has 0 bridgehead atoms. The minimum atomic E-state index is -0.461. The number of hydrogen-bond donors (Lipinski definition) is 2.